The van der Waals surface area contributed by atoms with Crippen molar-refractivity contribution >= 4 is 17.3 Å². The SMILES string of the molecule is C[C@H](N)c1ncnn1-c1ncc(C(F)F)s1.O=C(O)C(F)(F)F. The second kappa shape index (κ2) is 7.41. The molecular formula is C10H10F5N5O2S. The predicted molar refractivity (Wildman–Crippen MR) is 68.3 cm³/mol. The van der Waals surface area contributed by atoms with Crippen LogP contribution in [0.15, 0.2) is 12.5 Å². The Morgan fingerprint density at radius 1 is 1.39 bits per heavy atom. The van der Waals surface area contributed by atoms with Crippen LogP contribution in [-0.4, -0.2) is 37.0 Å². The molecule has 2 heterocycles. The normalized spacial score (nSPS) is 12.7. The lowest BCUT2D eigenvalue weighted by atomic mass is 10.3. The monoisotopic (exact) mass is 359 g/mol. The van der Waals surface area contributed by atoms with Gasteiger partial charge in [0.2, 0.25) is 5.13 Å². The Bertz CT molecular complexity index is 654. The third-order valence-corrected chi connectivity index (χ3v) is 3.11. The molecule has 0 spiro atoms. The minimum absolute atomic E-state index is 0.0962. The number of thiazole rings is 1. The topological polar surface area (TPSA) is 107 Å². The minimum Gasteiger partial charge on any atom is -0.475 e. The van der Waals surface area contributed by atoms with E-state index in [4.69, 9.17) is 15.6 Å². The van der Waals surface area contributed by atoms with Crippen LogP contribution in [0.25, 0.3) is 5.13 Å². The Hall–Kier alpha value is -2.15. The molecule has 2 aromatic rings. The van der Waals surface area contributed by atoms with E-state index in [2.05, 4.69) is 15.1 Å². The number of alkyl halides is 5. The van der Waals surface area contributed by atoms with Crippen molar-refractivity contribution in [3.8, 4) is 5.13 Å². The van der Waals surface area contributed by atoms with Gasteiger partial charge in [-0.1, -0.05) is 11.3 Å². The highest BCUT2D eigenvalue weighted by atomic mass is 32.1. The molecule has 3 N–H and O–H groups in total. The number of carboxylic acids is 1. The van der Waals surface area contributed by atoms with Crippen molar-refractivity contribution in [3.05, 3.63) is 23.2 Å². The van der Waals surface area contributed by atoms with E-state index in [-0.39, 0.29) is 10.9 Å². The van der Waals surface area contributed by atoms with Crippen LogP contribution in [0, 0.1) is 0 Å². The van der Waals surface area contributed by atoms with Crippen LogP contribution in [-0.2, 0) is 4.79 Å². The lowest BCUT2D eigenvalue weighted by Crippen LogP contribution is -2.21. The van der Waals surface area contributed by atoms with Gasteiger partial charge in [0.1, 0.15) is 6.33 Å². The molecular weight excluding hydrogens is 349 g/mol. The summed E-state index contributed by atoms with van der Waals surface area (Å²) in [5, 5.41) is 11.4. The van der Waals surface area contributed by atoms with Crippen LogP contribution < -0.4 is 5.73 Å². The zero-order valence-corrected chi connectivity index (χ0v) is 12.1. The first-order valence-corrected chi connectivity index (χ1v) is 6.55. The third kappa shape index (κ3) is 5.21. The molecule has 0 aliphatic rings. The van der Waals surface area contributed by atoms with Crippen LogP contribution in [0.4, 0.5) is 22.0 Å². The van der Waals surface area contributed by atoms with Gasteiger partial charge in [-0.15, -0.1) is 0 Å². The first kappa shape index (κ1) is 18.9. The molecule has 0 aliphatic heterocycles. The molecule has 13 heteroatoms. The summed E-state index contributed by atoms with van der Waals surface area (Å²) in [5.41, 5.74) is 5.67. The maximum atomic E-state index is 12.4. The van der Waals surface area contributed by atoms with E-state index in [1.807, 2.05) is 0 Å². The molecule has 1 atom stereocenters. The molecule has 0 unspecified atom stereocenters. The quantitative estimate of drug-likeness (QED) is 0.815. The van der Waals surface area contributed by atoms with E-state index in [1.165, 1.54) is 11.0 Å². The maximum absolute atomic E-state index is 12.4. The molecule has 0 amide bonds. The van der Waals surface area contributed by atoms with Crippen LogP contribution in [0.3, 0.4) is 0 Å². The Labute approximate surface area is 129 Å². The number of halogens is 5. The van der Waals surface area contributed by atoms with Gasteiger partial charge in [-0.2, -0.15) is 23.0 Å². The number of aliphatic carboxylic acids is 1. The lowest BCUT2D eigenvalue weighted by Gasteiger charge is -2.04. The maximum Gasteiger partial charge on any atom is 0.490 e. The third-order valence-electron chi connectivity index (χ3n) is 2.13. The molecule has 0 fully saturated rings. The largest absolute Gasteiger partial charge is 0.490 e. The second-order valence-electron chi connectivity index (χ2n) is 3.97. The number of nitrogens with zero attached hydrogens (tertiary/aromatic N) is 4. The summed E-state index contributed by atoms with van der Waals surface area (Å²) in [6.45, 7) is 1.74. The van der Waals surface area contributed by atoms with Gasteiger partial charge in [-0.25, -0.2) is 23.5 Å². The summed E-state index contributed by atoms with van der Waals surface area (Å²) in [6, 6.07) is -0.332. The van der Waals surface area contributed by atoms with Gasteiger partial charge in [0, 0.05) is 6.20 Å². The van der Waals surface area contributed by atoms with Crippen LogP contribution >= 0.6 is 11.3 Å². The number of carbonyl (C=O) groups is 1. The molecule has 0 radical (unpaired) electrons. The zero-order chi connectivity index (χ0) is 17.8. The summed E-state index contributed by atoms with van der Waals surface area (Å²) >= 11 is 0.874. The van der Waals surface area contributed by atoms with Gasteiger partial charge in [-0.05, 0) is 6.92 Å². The highest BCUT2D eigenvalue weighted by Crippen LogP contribution is 2.27. The summed E-state index contributed by atoms with van der Waals surface area (Å²) in [5.74, 6) is -2.26. The average molecular weight is 359 g/mol. The van der Waals surface area contributed by atoms with Crippen molar-refractivity contribution in [2.75, 3.05) is 0 Å². The van der Waals surface area contributed by atoms with Crippen LogP contribution in [0.2, 0.25) is 0 Å². The molecule has 0 saturated heterocycles. The van der Waals surface area contributed by atoms with Crippen LogP contribution in [0.1, 0.15) is 30.1 Å². The molecule has 7 nitrogen and oxygen atoms in total. The molecule has 128 valence electrons. The molecule has 0 bridgehead atoms. The predicted octanol–water partition coefficient (Wildman–Crippen LogP) is 2.31. The number of aromatic nitrogens is 4. The van der Waals surface area contributed by atoms with E-state index >= 15 is 0 Å². The van der Waals surface area contributed by atoms with Gasteiger partial charge in [0.25, 0.3) is 6.43 Å². The summed E-state index contributed by atoms with van der Waals surface area (Å²) < 4.78 is 57.9. The fraction of sp³-hybridized carbons (Fsp3) is 0.400. The van der Waals surface area contributed by atoms with E-state index in [9.17, 15) is 22.0 Å². The van der Waals surface area contributed by atoms with Gasteiger partial charge in [-0.3, -0.25) is 0 Å². The summed E-state index contributed by atoms with van der Waals surface area (Å²) in [4.78, 5) is 16.6. The van der Waals surface area contributed by atoms with E-state index in [0.717, 1.165) is 17.5 Å². The smallest absolute Gasteiger partial charge is 0.475 e. The van der Waals surface area contributed by atoms with Crippen molar-refractivity contribution < 1.29 is 31.9 Å². The number of hydrogen-bond acceptors (Lipinski definition) is 6. The number of hydrogen-bond donors (Lipinski definition) is 2. The Balaban J connectivity index is 0.000000322. The van der Waals surface area contributed by atoms with Gasteiger partial charge in [0.05, 0.1) is 10.9 Å². The van der Waals surface area contributed by atoms with E-state index in [1.54, 1.807) is 6.92 Å². The fourth-order valence-electron chi connectivity index (χ4n) is 1.18. The first-order valence-electron chi connectivity index (χ1n) is 5.74. The molecule has 0 saturated carbocycles. The Morgan fingerprint density at radius 3 is 2.35 bits per heavy atom. The van der Waals surface area contributed by atoms with Crippen LogP contribution in [0.5, 0.6) is 0 Å². The standard InChI is InChI=1S/C8H9F2N5S.C2HF3O2/c1-4(11)7-13-3-14-15(7)8-12-2-5(16-8)6(9)10;3-2(4,5)1(6)7/h2-4,6H,11H2,1H3;(H,6,7)/t4-;/m0./s1. The number of nitrogens with two attached hydrogens (primary N) is 1. The molecule has 2 aromatic heterocycles. The number of carboxylic acid groups (broad SMARTS) is 1. The molecule has 0 aliphatic carbocycles. The fourth-order valence-corrected chi connectivity index (χ4v) is 1.92. The van der Waals surface area contributed by atoms with Gasteiger partial charge >= 0.3 is 12.1 Å². The lowest BCUT2D eigenvalue weighted by molar-refractivity contribution is -0.192. The van der Waals surface area contributed by atoms with E-state index in [0.29, 0.717) is 11.0 Å². The second-order valence-corrected chi connectivity index (χ2v) is 5.01. The number of rotatable bonds is 3. The summed E-state index contributed by atoms with van der Waals surface area (Å²) in [6.07, 6.45) is -5.15. The Kier molecular flexibility index (Phi) is 6.09. The molecule has 23 heavy (non-hydrogen) atoms. The van der Waals surface area contributed by atoms with Crippen molar-refractivity contribution in [3.63, 3.8) is 0 Å². The van der Waals surface area contributed by atoms with Crippen molar-refractivity contribution in [1.82, 2.24) is 19.7 Å². The molecule has 2 rings (SSSR count). The van der Waals surface area contributed by atoms with Crippen molar-refractivity contribution in [2.45, 2.75) is 25.6 Å². The summed E-state index contributed by atoms with van der Waals surface area (Å²) in [7, 11) is 0. The first-order chi connectivity index (χ1) is 10.5. The molecule has 0 aromatic carbocycles. The minimum atomic E-state index is -5.08. The van der Waals surface area contributed by atoms with Crippen molar-refractivity contribution in [1.29, 1.82) is 0 Å². The average Bonchev–Trinajstić information content (AvgIpc) is 3.07. The zero-order valence-electron chi connectivity index (χ0n) is 11.3. The highest BCUT2D eigenvalue weighted by molar-refractivity contribution is 7.14. The van der Waals surface area contributed by atoms with Gasteiger partial charge in [0.15, 0.2) is 5.82 Å². The highest BCUT2D eigenvalue weighted by Gasteiger charge is 2.38. The van der Waals surface area contributed by atoms with Crippen molar-refractivity contribution in [2.24, 2.45) is 5.73 Å². The Morgan fingerprint density at radius 2 is 1.96 bits per heavy atom. The van der Waals surface area contributed by atoms with Gasteiger partial charge < -0.3 is 10.8 Å². The van der Waals surface area contributed by atoms with E-state index < -0.39 is 18.6 Å².